The molecule has 10 heteroatoms. The van der Waals surface area contributed by atoms with Crippen molar-refractivity contribution in [2.45, 2.75) is 19.9 Å². The number of aryl methyl sites for hydroxylation is 2. The molecule has 0 aliphatic heterocycles. The number of amides is 1. The highest BCUT2D eigenvalue weighted by atomic mass is 16.2. The summed E-state index contributed by atoms with van der Waals surface area (Å²) in [5, 5.41) is 16.8. The Morgan fingerprint density at radius 3 is 2.62 bits per heavy atom. The molecule has 0 bridgehead atoms. The molecule has 0 spiro atoms. The molecule has 4 heterocycles. The first-order chi connectivity index (χ1) is 19.4. The van der Waals surface area contributed by atoms with Gasteiger partial charge in [-0.2, -0.15) is 15.3 Å². The van der Waals surface area contributed by atoms with Gasteiger partial charge in [-0.25, -0.2) is 4.98 Å². The van der Waals surface area contributed by atoms with E-state index < -0.39 is 6.04 Å². The average Bonchev–Trinajstić information content (AvgIpc) is 3.53. The number of carbonyl (C=O) groups excluding carboxylic acids is 1. The van der Waals surface area contributed by atoms with Gasteiger partial charge < -0.3 is 5.32 Å². The molecule has 1 amide bonds. The Morgan fingerprint density at radius 1 is 1.02 bits per heavy atom. The van der Waals surface area contributed by atoms with Crippen LogP contribution in [0, 0.1) is 18.8 Å². The van der Waals surface area contributed by atoms with Crippen LogP contribution in [0.2, 0.25) is 0 Å². The molecule has 0 saturated carbocycles. The standard InChI is InChI=1S/C30H24N8O2/c1-19(34-29(39)26-20(2)35-38-28(26)31-14-15-32-38)25-16-23-9-7-8-22(13-12-21-17-33-36(3)18-21)27(23)30(40)37(25)24-10-5-4-6-11-24/h4-11,14-19H,1-3H3,(H,34,39)/t19-/m0/s1. The van der Waals surface area contributed by atoms with E-state index in [0.717, 1.165) is 10.9 Å². The van der Waals surface area contributed by atoms with Crippen LogP contribution in [0.25, 0.3) is 22.1 Å². The monoisotopic (exact) mass is 528 g/mol. The van der Waals surface area contributed by atoms with Gasteiger partial charge in [-0.1, -0.05) is 42.2 Å². The lowest BCUT2D eigenvalue weighted by atomic mass is 10.0. The van der Waals surface area contributed by atoms with Crippen LogP contribution in [-0.2, 0) is 7.05 Å². The van der Waals surface area contributed by atoms with Gasteiger partial charge in [-0.3, -0.25) is 18.8 Å². The van der Waals surface area contributed by atoms with Crippen LogP contribution in [0.4, 0.5) is 0 Å². The third-order valence-corrected chi connectivity index (χ3v) is 6.61. The fraction of sp³-hybridized carbons (Fsp3) is 0.133. The Kier molecular flexibility index (Phi) is 6.16. The summed E-state index contributed by atoms with van der Waals surface area (Å²) < 4.78 is 4.64. The van der Waals surface area contributed by atoms with Crippen LogP contribution < -0.4 is 10.9 Å². The predicted octanol–water partition coefficient (Wildman–Crippen LogP) is 3.36. The highest BCUT2D eigenvalue weighted by Gasteiger charge is 2.23. The predicted molar refractivity (Wildman–Crippen MR) is 150 cm³/mol. The maximum absolute atomic E-state index is 14.2. The Hall–Kier alpha value is -5.56. The van der Waals surface area contributed by atoms with Crippen LogP contribution in [-0.4, -0.2) is 40.1 Å². The van der Waals surface area contributed by atoms with E-state index >= 15 is 0 Å². The highest BCUT2D eigenvalue weighted by Crippen LogP contribution is 2.24. The number of nitrogens with zero attached hydrogens (tertiary/aromatic N) is 7. The normalized spacial score (nSPS) is 11.8. The molecule has 6 aromatic rings. The lowest BCUT2D eigenvalue weighted by molar-refractivity contribution is 0.0939. The van der Waals surface area contributed by atoms with Gasteiger partial charge in [0, 0.05) is 36.4 Å². The average molecular weight is 529 g/mol. The van der Waals surface area contributed by atoms with Gasteiger partial charge in [0.1, 0.15) is 5.56 Å². The third-order valence-electron chi connectivity index (χ3n) is 6.61. The van der Waals surface area contributed by atoms with Crippen molar-refractivity contribution in [3.63, 3.8) is 0 Å². The Morgan fingerprint density at radius 2 is 1.85 bits per heavy atom. The second kappa shape index (κ2) is 9.96. The summed E-state index contributed by atoms with van der Waals surface area (Å²) in [6.07, 6.45) is 6.52. The van der Waals surface area contributed by atoms with Gasteiger partial charge in [0.05, 0.1) is 35.1 Å². The number of hydrogen-bond acceptors (Lipinski definition) is 6. The quantitative estimate of drug-likeness (QED) is 0.351. The molecule has 40 heavy (non-hydrogen) atoms. The van der Waals surface area contributed by atoms with Crippen LogP contribution in [0.3, 0.4) is 0 Å². The van der Waals surface area contributed by atoms with Gasteiger partial charge in [0.25, 0.3) is 11.5 Å². The second-order valence-electron chi connectivity index (χ2n) is 9.38. The minimum Gasteiger partial charge on any atom is -0.344 e. The molecule has 1 N–H and O–H groups in total. The summed E-state index contributed by atoms with van der Waals surface area (Å²) in [5.41, 5.74) is 3.64. The van der Waals surface area contributed by atoms with Gasteiger partial charge in [0.2, 0.25) is 0 Å². The lowest BCUT2D eigenvalue weighted by Gasteiger charge is -2.21. The van der Waals surface area contributed by atoms with Crippen molar-refractivity contribution in [1.29, 1.82) is 0 Å². The van der Waals surface area contributed by atoms with Gasteiger partial charge >= 0.3 is 0 Å². The molecule has 0 aliphatic rings. The second-order valence-corrected chi connectivity index (χ2v) is 9.38. The molecular weight excluding hydrogens is 504 g/mol. The fourth-order valence-electron chi connectivity index (χ4n) is 4.78. The van der Waals surface area contributed by atoms with E-state index in [9.17, 15) is 9.59 Å². The van der Waals surface area contributed by atoms with Crippen LogP contribution in [0.15, 0.2) is 84.2 Å². The van der Waals surface area contributed by atoms with Crippen LogP contribution in [0.1, 0.15) is 45.8 Å². The molecule has 0 radical (unpaired) electrons. The van der Waals surface area contributed by atoms with Crippen molar-refractivity contribution in [2.75, 3.05) is 0 Å². The lowest BCUT2D eigenvalue weighted by Crippen LogP contribution is -2.32. The van der Waals surface area contributed by atoms with E-state index in [0.29, 0.717) is 39.2 Å². The van der Waals surface area contributed by atoms with Crippen molar-refractivity contribution in [1.82, 2.24) is 39.5 Å². The maximum atomic E-state index is 14.2. The van der Waals surface area contributed by atoms with Crippen molar-refractivity contribution >= 4 is 22.3 Å². The van der Waals surface area contributed by atoms with E-state index in [4.69, 9.17) is 0 Å². The summed E-state index contributed by atoms with van der Waals surface area (Å²) in [6.45, 7) is 3.58. The molecule has 0 saturated heterocycles. The Bertz CT molecular complexity index is 2030. The summed E-state index contributed by atoms with van der Waals surface area (Å²) in [5.74, 6) is 5.90. The third kappa shape index (κ3) is 4.39. The van der Waals surface area contributed by atoms with E-state index in [1.54, 1.807) is 22.4 Å². The van der Waals surface area contributed by atoms with Crippen molar-refractivity contribution in [3.05, 3.63) is 118 Å². The van der Waals surface area contributed by atoms with E-state index in [1.807, 2.05) is 74.8 Å². The number of pyridine rings is 1. The molecule has 6 rings (SSSR count). The smallest absolute Gasteiger partial charge is 0.264 e. The zero-order valence-electron chi connectivity index (χ0n) is 22.0. The number of hydrogen-bond donors (Lipinski definition) is 1. The fourth-order valence-corrected chi connectivity index (χ4v) is 4.78. The van der Waals surface area contributed by atoms with Gasteiger partial charge in [-0.15, -0.1) is 4.63 Å². The number of nitrogens with one attached hydrogen (secondary N) is 1. The molecule has 196 valence electrons. The summed E-state index contributed by atoms with van der Waals surface area (Å²) >= 11 is 0. The van der Waals surface area contributed by atoms with Gasteiger partial charge in [0.15, 0.2) is 5.65 Å². The number of rotatable bonds is 4. The zero-order chi connectivity index (χ0) is 27.8. The number of para-hydroxylation sites is 1. The molecule has 10 nitrogen and oxygen atoms in total. The highest BCUT2D eigenvalue weighted by molar-refractivity contribution is 6.01. The molecule has 0 fully saturated rings. The molecule has 0 unspecified atom stereocenters. The van der Waals surface area contributed by atoms with E-state index in [-0.39, 0.29) is 11.5 Å². The van der Waals surface area contributed by atoms with E-state index in [2.05, 4.69) is 37.4 Å². The minimum atomic E-state index is -0.541. The topological polar surface area (TPSA) is 112 Å². The number of fused-ring (bicyclic) bond motifs is 2. The number of benzene rings is 2. The largest absolute Gasteiger partial charge is 0.344 e. The van der Waals surface area contributed by atoms with E-state index in [1.165, 1.54) is 17.0 Å². The first-order valence-electron chi connectivity index (χ1n) is 12.6. The molecule has 2 aromatic carbocycles. The summed E-state index contributed by atoms with van der Waals surface area (Å²) in [6, 6.07) is 16.3. The SMILES string of the molecule is Cc1nn2nccnc2c1C(=O)N[C@@H](C)c1cc2cccc(C#Cc3cnn(C)c3)c2c(=O)n1-c1ccccc1. The molecule has 0 aliphatic carbocycles. The molecule has 1 atom stereocenters. The minimum absolute atomic E-state index is 0.228. The first kappa shape index (κ1) is 24.8. The first-order valence-corrected chi connectivity index (χ1v) is 12.6. The van der Waals surface area contributed by atoms with Crippen molar-refractivity contribution in [2.24, 2.45) is 7.05 Å². The Labute approximate surface area is 228 Å². The van der Waals surface area contributed by atoms with Crippen LogP contribution in [0.5, 0.6) is 0 Å². The van der Waals surface area contributed by atoms with Crippen LogP contribution >= 0.6 is 0 Å². The van der Waals surface area contributed by atoms with Crippen molar-refractivity contribution in [3.8, 4) is 17.5 Å². The zero-order valence-corrected chi connectivity index (χ0v) is 22.0. The summed E-state index contributed by atoms with van der Waals surface area (Å²) in [7, 11) is 1.83. The molecule has 4 aromatic heterocycles. The Balaban J connectivity index is 1.48. The van der Waals surface area contributed by atoms with Gasteiger partial charge in [-0.05, 0) is 43.5 Å². The van der Waals surface area contributed by atoms with Crippen molar-refractivity contribution < 1.29 is 4.79 Å². The number of aromatic nitrogens is 7. The molecular formula is C30H24N8O2. The maximum Gasteiger partial charge on any atom is 0.264 e. The summed E-state index contributed by atoms with van der Waals surface area (Å²) in [4.78, 5) is 31.9. The number of carbonyl (C=O) groups is 1.